The minimum atomic E-state index is 0.713. The summed E-state index contributed by atoms with van der Waals surface area (Å²) in [6.07, 6.45) is 21.0. The quantitative estimate of drug-likeness (QED) is 0.506. The van der Waals surface area contributed by atoms with Gasteiger partial charge in [-0.3, -0.25) is 0 Å². The molecule has 0 radical (unpaired) electrons. The van der Waals surface area contributed by atoms with Crippen LogP contribution < -0.4 is 0 Å². The van der Waals surface area contributed by atoms with Gasteiger partial charge in [-0.2, -0.15) is 0 Å². The Kier molecular flexibility index (Phi) is 12.3. The summed E-state index contributed by atoms with van der Waals surface area (Å²) in [5.41, 5.74) is 3.20. The Balaban J connectivity index is 0.000000321. The van der Waals surface area contributed by atoms with Crippen molar-refractivity contribution in [3.05, 3.63) is 47.6 Å². The summed E-state index contributed by atoms with van der Waals surface area (Å²) in [6, 6.07) is 0. The van der Waals surface area contributed by atoms with Gasteiger partial charge in [0, 0.05) is 0 Å². The van der Waals surface area contributed by atoms with E-state index in [1.807, 2.05) is 13.8 Å². The first-order valence-electron chi connectivity index (χ1n) is 8.49. The topological polar surface area (TPSA) is 0 Å². The minimum absolute atomic E-state index is 0.713. The Hall–Kier alpha value is -1.04. The van der Waals surface area contributed by atoms with Gasteiger partial charge in [0.25, 0.3) is 0 Å². The molecule has 1 atom stereocenters. The van der Waals surface area contributed by atoms with E-state index in [9.17, 15) is 0 Å². The summed E-state index contributed by atoms with van der Waals surface area (Å²) in [5, 5.41) is 0. The molecular formula is C20H34. The summed E-state index contributed by atoms with van der Waals surface area (Å²) in [6.45, 7) is 10.7. The molecule has 0 bridgehead atoms. The van der Waals surface area contributed by atoms with Crippen LogP contribution in [-0.2, 0) is 0 Å². The van der Waals surface area contributed by atoms with E-state index >= 15 is 0 Å². The first-order chi connectivity index (χ1) is 9.77. The van der Waals surface area contributed by atoms with Crippen molar-refractivity contribution >= 4 is 0 Å². The molecule has 0 spiro atoms. The van der Waals surface area contributed by atoms with Crippen LogP contribution in [0.25, 0.3) is 0 Å². The van der Waals surface area contributed by atoms with Crippen molar-refractivity contribution in [3.8, 4) is 0 Å². The van der Waals surface area contributed by atoms with Gasteiger partial charge in [0.05, 0.1) is 0 Å². The normalized spacial score (nSPS) is 18.8. The Bertz CT molecular complexity index is 339. The minimum Gasteiger partial charge on any atom is -0.0805 e. The van der Waals surface area contributed by atoms with E-state index in [1.54, 1.807) is 11.1 Å². The third-order valence-corrected chi connectivity index (χ3v) is 3.53. The highest BCUT2D eigenvalue weighted by Gasteiger charge is 2.06. The first-order valence-corrected chi connectivity index (χ1v) is 8.49. The molecule has 0 saturated carbocycles. The lowest BCUT2D eigenvalue weighted by atomic mass is 10.0. The number of rotatable bonds is 5. The fourth-order valence-electron chi connectivity index (χ4n) is 2.30. The standard InChI is InChI=1S/2C9H14.C2H6/c1-3-5-9-7-4-6-8(9)2;1-2-3-6-9-7-4-5-8-9;1-2/h4,6-8H,3,5H2,1-2H3;4-5,7H,2-3,6,8H2,1H3;1-2H3. The molecule has 0 saturated heterocycles. The zero-order chi connectivity index (χ0) is 15.2. The Morgan fingerprint density at radius 3 is 2.20 bits per heavy atom. The van der Waals surface area contributed by atoms with Crippen LogP contribution in [-0.4, -0.2) is 0 Å². The maximum Gasteiger partial charge on any atom is -0.00454 e. The summed E-state index contributed by atoms with van der Waals surface area (Å²) in [5.74, 6) is 0.713. The van der Waals surface area contributed by atoms with Crippen molar-refractivity contribution in [1.82, 2.24) is 0 Å². The monoisotopic (exact) mass is 274 g/mol. The summed E-state index contributed by atoms with van der Waals surface area (Å²) < 4.78 is 0. The van der Waals surface area contributed by atoms with Crippen LogP contribution in [0.15, 0.2) is 47.6 Å². The van der Waals surface area contributed by atoms with Gasteiger partial charge in [0.15, 0.2) is 0 Å². The fourth-order valence-corrected chi connectivity index (χ4v) is 2.30. The lowest BCUT2D eigenvalue weighted by molar-refractivity contribution is 0.774. The van der Waals surface area contributed by atoms with Crippen molar-refractivity contribution in [2.24, 2.45) is 5.92 Å². The van der Waals surface area contributed by atoms with Crippen molar-refractivity contribution < 1.29 is 0 Å². The largest absolute Gasteiger partial charge is 0.0805 e. The Labute approximate surface area is 127 Å². The van der Waals surface area contributed by atoms with E-state index < -0.39 is 0 Å². The van der Waals surface area contributed by atoms with Gasteiger partial charge in [0.2, 0.25) is 0 Å². The lowest BCUT2D eigenvalue weighted by Crippen LogP contribution is -1.89. The van der Waals surface area contributed by atoms with Crippen molar-refractivity contribution in [3.63, 3.8) is 0 Å². The maximum absolute atomic E-state index is 2.25. The van der Waals surface area contributed by atoms with Gasteiger partial charge >= 0.3 is 0 Å². The molecule has 0 heterocycles. The van der Waals surface area contributed by atoms with Crippen LogP contribution in [0.4, 0.5) is 0 Å². The summed E-state index contributed by atoms with van der Waals surface area (Å²) in [7, 11) is 0. The van der Waals surface area contributed by atoms with E-state index in [1.165, 1.54) is 38.5 Å². The highest BCUT2D eigenvalue weighted by molar-refractivity contribution is 5.26. The second-order valence-corrected chi connectivity index (χ2v) is 5.23. The van der Waals surface area contributed by atoms with Crippen LogP contribution in [0.2, 0.25) is 0 Å². The van der Waals surface area contributed by atoms with Gasteiger partial charge < -0.3 is 0 Å². The molecular weight excluding hydrogens is 240 g/mol. The van der Waals surface area contributed by atoms with Crippen molar-refractivity contribution in [2.45, 2.75) is 73.1 Å². The third kappa shape index (κ3) is 8.19. The molecule has 0 aromatic rings. The molecule has 0 aromatic heterocycles. The zero-order valence-electron chi connectivity index (χ0n) is 14.3. The van der Waals surface area contributed by atoms with Gasteiger partial charge in [-0.15, -0.1) is 0 Å². The highest BCUT2D eigenvalue weighted by atomic mass is 14.1. The van der Waals surface area contributed by atoms with E-state index in [4.69, 9.17) is 0 Å². The average Bonchev–Trinajstić information content (AvgIpc) is 3.13. The smallest absolute Gasteiger partial charge is 0.00454 e. The predicted molar refractivity (Wildman–Crippen MR) is 94.0 cm³/mol. The number of hydrogen-bond donors (Lipinski definition) is 0. The lowest BCUT2D eigenvalue weighted by Gasteiger charge is -2.04. The SMILES string of the molecule is CC.CCCC1=CC=CC1C.CCCCC1=CC=CC1. The molecule has 0 aliphatic heterocycles. The van der Waals surface area contributed by atoms with E-state index in [-0.39, 0.29) is 0 Å². The van der Waals surface area contributed by atoms with Gasteiger partial charge in [-0.25, -0.2) is 0 Å². The number of hydrogen-bond acceptors (Lipinski definition) is 0. The van der Waals surface area contributed by atoms with Crippen LogP contribution in [0.3, 0.4) is 0 Å². The van der Waals surface area contributed by atoms with Gasteiger partial charge in [-0.1, -0.05) is 95.1 Å². The summed E-state index contributed by atoms with van der Waals surface area (Å²) >= 11 is 0. The molecule has 2 aliphatic carbocycles. The molecule has 0 aromatic carbocycles. The molecule has 2 aliphatic rings. The molecule has 2 rings (SSSR count). The fraction of sp³-hybridized carbons (Fsp3) is 0.600. The van der Waals surface area contributed by atoms with Crippen LogP contribution in [0.1, 0.15) is 73.1 Å². The average molecular weight is 274 g/mol. The molecule has 0 N–H and O–H groups in total. The molecule has 0 amide bonds. The zero-order valence-corrected chi connectivity index (χ0v) is 14.3. The third-order valence-electron chi connectivity index (χ3n) is 3.53. The van der Waals surface area contributed by atoms with Gasteiger partial charge in [-0.05, 0) is 31.6 Å². The van der Waals surface area contributed by atoms with Crippen molar-refractivity contribution in [1.29, 1.82) is 0 Å². The molecule has 1 unspecified atom stereocenters. The van der Waals surface area contributed by atoms with Crippen LogP contribution in [0, 0.1) is 5.92 Å². The number of unbranched alkanes of at least 4 members (excludes halogenated alkanes) is 1. The van der Waals surface area contributed by atoms with E-state index in [2.05, 4.69) is 57.2 Å². The molecule has 114 valence electrons. The van der Waals surface area contributed by atoms with Crippen LogP contribution >= 0.6 is 0 Å². The summed E-state index contributed by atoms with van der Waals surface area (Å²) in [4.78, 5) is 0. The molecule has 0 nitrogen and oxygen atoms in total. The molecule has 0 heteroatoms. The first kappa shape index (κ1) is 19.0. The Morgan fingerprint density at radius 1 is 1.00 bits per heavy atom. The maximum atomic E-state index is 2.25. The molecule has 20 heavy (non-hydrogen) atoms. The molecule has 0 fully saturated rings. The van der Waals surface area contributed by atoms with E-state index in [0.29, 0.717) is 5.92 Å². The second-order valence-electron chi connectivity index (χ2n) is 5.23. The Morgan fingerprint density at radius 2 is 1.75 bits per heavy atom. The highest BCUT2D eigenvalue weighted by Crippen LogP contribution is 2.22. The van der Waals surface area contributed by atoms with Gasteiger partial charge in [0.1, 0.15) is 0 Å². The van der Waals surface area contributed by atoms with Crippen molar-refractivity contribution in [2.75, 3.05) is 0 Å². The van der Waals surface area contributed by atoms with E-state index in [0.717, 1.165) is 0 Å². The predicted octanol–water partition coefficient (Wildman–Crippen LogP) is 7.01. The van der Waals surface area contributed by atoms with Crippen LogP contribution in [0.5, 0.6) is 0 Å². The number of allylic oxidation sites excluding steroid dienone is 8. The second kappa shape index (κ2) is 13.0.